The van der Waals surface area contributed by atoms with Gasteiger partial charge in [0.05, 0.1) is 11.6 Å². The van der Waals surface area contributed by atoms with E-state index in [-0.39, 0.29) is 11.7 Å². The fourth-order valence-corrected chi connectivity index (χ4v) is 2.98. The lowest BCUT2D eigenvalue weighted by atomic mass is 9.87. The van der Waals surface area contributed by atoms with Crippen LogP contribution >= 0.6 is 0 Å². The monoisotopic (exact) mass is 317 g/mol. The topological polar surface area (TPSA) is 58.6 Å². The number of benzene rings is 3. The Morgan fingerprint density at radius 2 is 1.38 bits per heavy atom. The maximum Gasteiger partial charge on any atom is 0.236 e. The molecule has 1 aliphatic heterocycles. The summed E-state index contributed by atoms with van der Waals surface area (Å²) in [6.45, 7) is 0. The fraction of sp³-hybridized carbons (Fsp3) is 0.0500. The fourth-order valence-electron chi connectivity index (χ4n) is 2.98. The molecule has 24 heavy (non-hydrogen) atoms. The number of phenolic OH excluding ortho intramolecular Hbond substituents is 1. The number of fused-ring (bicyclic) bond motifs is 2. The van der Waals surface area contributed by atoms with Crippen LogP contribution in [0, 0.1) is 0 Å². The molecule has 4 heteroatoms. The Kier molecular flexibility index (Phi) is 3.43. The van der Waals surface area contributed by atoms with Gasteiger partial charge in [0, 0.05) is 11.1 Å². The van der Waals surface area contributed by atoms with Crippen molar-refractivity contribution >= 4 is 11.6 Å². The van der Waals surface area contributed by atoms with Crippen molar-refractivity contribution in [1.82, 2.24) is 0 Å². The Morgan fingerprint density at radius 1 is 0.833 bits per heavy atom. The third-order valence-corrected chi connectivity index (χ3v) is 4.10. The minimum absolute atomic E-state index is 0.0412. The minimum Gasteiger partial charge on any atom is -0.506 e. The second kappa shape index (κ2) is 5.74. The van der Waals surface area contributed by atoms with Crippen molar-refractivity contribution in [2.75, 3.05) is 5.32 Å². The van der Waals surface area contributed by atoms with E-state index < -0.39 is 5.92 Å². The van der Waals surface area contributed by atoms with Gasteiger partial charge in [0.25, 0.3) is 0 Å². The van der Waals surface area contributed by atoms with Crippen molar-refractivity contribution in [2.24, 2.45) is 0 Å². The molecule has 0 spiro atoms. The van der Waals surface area contributed by atoms with Crippen molar-refractivity contribution in [2.45, 2.75) is 5.92 Å². The first kappa shape index (κ1) is 14.3. The van der Waals surface area contributed by atoms with Crippen LogP contribution in [0.15, 0.2) is 72.8 Å². The molecular weight excluding hydrogens is 302 g/mol. The number of carbonyl (C=O) groups is 1. The SMILES string of the molecule is O=C(Nc1ccccc1O)C1c2ccccc2Oc2ccccc21. The van der Waals surface area contributed by atoms with E-state index in [2.05, 4.69) is 5.32 Å². The Labute approximate surface area is 139 Å². The number of para-hydroxylation sites is 4. The predicted octanol–water partition coefficient (Wildman–Crippen LogP) is 4.27. The van der Waals surface area contributed by atoms with Gasteiger partial charge in [-0.05, 0) is 24.3 Å². The molecule has 1 heterocycles. The molecule has 4 nitrogen and oxygen atoms in total. The normalized spacial score (nSPS) is 12.7. The maximum absolute atomic E-state index is 13.0. The average molecular weight is 317 g/mol. The van der Waals surface area contributed by atoms with E-state index in [0.717, 1.165) is 11.1 Å². The average Bonchev–Trinajstić information content (AvgIpc) is 2.61. The Balaban J connectivity index is 1.77. The van der Waals surface area contributed by atoms with Gasteiger partial charge in [-0.3, -0.25) is 4.79 Å². The molecule has 2 N–H and O–H groups in total. The molecule has 0 radical (unpaired) electrons. The van der Waals surface area contributed by atoms with Crippen LogP contribution in [0.1, 0.15) is 17.0 Å². The first-order chi connectivity index (χ1) is 11.7. The summed E-state index contributed by atoms with van der Waals surface area (Å²) in [5.41, 5.74) is 2.01. The van der Waals surface area contributed by atoms with E-state index >= 15 is 0 Å². The quantitative estimate of drug-likeness (QED) is 0.694. The lowest BCUT2D eigenvalue weighted by molar-refractivity contribution is -0.116. The number of rotatable bonds is 2. The molecule has 0 unspecified atom stereocenters. The number of hydrogen-bond donors (Lipinski definition) is 2. The Morgan fingerprint density at radius 3 is 2.00 bits per heavy atom. The van der Waals surface area contributed by atoms with Crippen molar-refractivity contribution in [1.29, 1.82) is 0 Å². The van der Waals surface area contributed by atoms with E-state index in [0.29, 0.717) is 17.2 Å². The number of amides is 1. The number of anilines is 1. The van der Waals surface area contributed by atoms with Gasteiger partial charge in [-0.15, -0.1) is 0 Å². The van der Waals surface area contributed by atoms with Gasteiger partial charge in [-0.2, -0.15) is 0 Å². The first-order valence-corrected chi connectivity index (χ1v) is 7.68. The van der Waals surface area contributed by atoms with Gasteiger partial charge in [-0.25, -0.2) is 0 Å². The highest BCUT2D eigenvalue weighted by atomic mass is 16.5. The van der Waals surface area contributed by atoms with E-state index in [4.69, 9.17) is 4.74 Å². The minimum atomic E-state index is -0.495. The molecule has 0 aromatic heterocycles. The van der Waals surface area contributed by atoms with Crippen LogP contribution in [0.25, 0.3) is 0 Å². The van der Waals surface area contributed by atoms with Crippen LogP contribution in [-0.4, -0.2) is 11.0 Å². The number of phenols is 1. The van der Waals surface area contributed by atoms with Crippen LogP contribution in [0.3, 0.4) is 0 Å². The number of nitrogens with one attached hydrogen (secondary N) is 1. The second-order valence-corrected chi connectivity index (χ2v) is 5.62. The molecule has 0 fully saturated rings. The van der Waals surface area contributed by atoms with Gasteiger partial charge in [0.1, 0.15) is 17.2 Å². The van der Waals surface area contributed by atoms with Gasteiger partial charge >= 0.3 is 0 Å². The highest BCUT2D eigenvalue weighted by Crippen LogP contribution is 2.44. The van der Waals surface area contributed by atoms with E-state index in [1.807, 2.05) is 48.5 Å². The summed E-state index contributed by atoms with van der Waals surface area (Å²) in [6.07, 6.45) is 0. The zero-order valence-corrected chi connectivity index (χ0v) is 12.8. The summed E-state index contributed by atoms with van der Waals surface area (Å²) in [6, 6.07) is 21.7. The van der Waals surface area contributed by atoms with Crippen LogP contribution in [-0.2, 0) is 4.79 Å². The summed E-state index contributed by atoms with van der Waals surface area (Å²) >= 11 is 0. The molecule has 1 amide bonds. The van der Waals surface area contributed by atoms with Gasteiger partial charge < -0.3 is 15.2 Å². The predicted molar refractivity (Wildman–Crippen MR) is 91.5 cm³/mol. The summed E-state index contributed by atoms with van der Waals surface area (Å²) in [7, 11) is 0. The highest BCUT2D eigenvalue weighted by Gasteiger charge is 2.32. The molecule has 0 atom stereocenters. The van der Waals surface area contributed by atoms with Crippen LogP contribution < -0.4 is 10.1 Å². The molecule has 1 aliphatic rings. The third-order valence-electron chi connectivity index (χ3n) is 4.10. The van der Waals surface area contributed by atoms with E-state index in [1.165, 1.54) is 0 Å². The number of carbonyl (C=O) groups excluding carboxylic acids is 1. The third kappa shape index (κ3) is 2.38. The molecule has 118 valence electrons. The van der Waals surface area contributed by atoms with Crippen molar-refractivity contribution in [3.05, 3.63) is 83.9 Å². The first-order valence-electron chi connectivity index (χ1n) is 7.68. The summed E-state index contributed by atoms with van der Waals surface area (Å²) < 4.78 is 5.90. The van der Waals surface area contributed by atoms with Crippen LogP contribution in [0.2, 0.25) is 0 Å². The standard InChI is InChI=1S/C20H15NO3/c22-16-10-4-3-9-15(16)21-20(23)19-13-7-1-5-11-17(13)24-18-12-6-2-8-14(18)19/h1-12,19,22H,(H,21,23). The lowest BCUT2D eigenvalue weighted by Gasteiger charge is -2.27. The number of aromatic hydroxyl groups is 1. The molecule has 3 aromatic carbocycles. The number of ether oxygens (including phenoxy) is 1. The zero-order valence-electron chi connectivity index (χ0n) is 12.8. The van der Waals surface area contributed by atoms with Gasteiger partial charge in [0.2, 0.25) is 5.91 Å². The van der Waals surface area contributed by atoms with Gasteiger partial charge in [0.15, 0.2) is 0 Å². The smallest absolute Gasteiger partial charge is 0.236 e. The van der Waals surface area contributed by atoms with Crippen molar-refractivity contribution in [3.63, 3.8) is 0 Å². The highest BCUT2D eigenvalue weighted by molar-refractivity contribution is 6.00. The van der Waals surface area contributed by atoms with Crippen LogP contribution in [0.5, 0.6) is 17.2 Å². The summed E-state index contributed by atoms with van der Waals surface area (Å²) in [5.74, 6) is 0.687. The molecule has 3 aromatic rings. The molecular formula is C20H15NO3. The molecule has 0 aliphatic carbocycles. The number of hydrogen-bond acceptors (Lipinski definition) is 3. The Hall–Kier alpha value is -3.27. The molecule has 4 rings (SSSR count). The molecule has 0 bridgehead atoms. The van der Waals surface area contributed by atoms with Crippen molar-refractivity contribution < 1.29 is 14.6 Å². The largest absolute Gasteiger partial charge is 0.506 e. The molecule has 0 saturated carbocycles. The van der Waals surface area contributed by atoms with Gasteiger partial charge in [-0.1, -0.05) is 48.5 Å². The van der Waals surface area contributed by atoms with E-state index in [1.54, 1.807) is 24.3 Å². The summed E-state index contributed by atoms with van der Waals surface area (Å²) in [4.78, 5) is 13.0. The van der Waals surface area contributed by atoms with Crippen LogP contribution in [0.4, 0.5) is 5.69 Å². The maximum atomic E-state index is 13.0. The Bertz CT molecular complexity index is 875. The van der Waals surface area contributed by atoms with Crippen molar-refractivity contribution in [3.8, 4) is 17.2 Å². The van der Waals surface area contributed by atoms with E-state index in [9.17, 15) is 9.90 Å². The second-order valence-electron chi connectivity index (χ2n) is 5.62. The lowest BCUT2D eigenvalue weighted by Crippen LogP contribution is -2.25. The summed E-state index contributed by atoms with van der Waals surface area (Å²) in [5, 5.41) is 12.7. The zero-order chi connectivity index (χ0) is 16.5. The molecule has 0 saturated heterocycles.